The third kappa shape index (κ3) is 8.12. The van der Waals surface area contributed by atoms with Crippen LogP contribution < -0.4 is 0 Å². The average molecular weight is 515 g/mol. The van der Waals surface area contributed by atoms with Gasteiger partial charge < -0.3 is 9.79 Å². The second-order valence-corrected chi connectivity index (χ2v) is 13.4. The molecule has 202 valence electrons. The van der Waals surface area contributed by atoms with E-state index >= 15 is 0 Å². The van der Waals surface area contributed by atoms with E-state index in [-0.39, 0.29) is 0 Å². The predicted molar refractivity (Wildman–Crippen MR) is 155 cm³/mol. The number of aryl methyl sites for hydroxylation is 2. The molecule has 4 heteroatoms. The Labute approximate surface area is 222 Å². The van der Waals surface area contributed by atoms with E-state index in [9.17, 15) is 9.79 Å². The molecule has 0 aliphatic heterocycles. The summed E-state index contributed by atoms with van der Waals surface area (Å²) in [5, 5.41) is 0. The fourth-order valence-corrected chi connectivity index (χ4v) is 6.52. The standard InChI is InChI=1S/C32H51O3P/c1-20(2)12-26-16-24(9)30(28(18-26)14-22(5)6)32(11,35-36(33)34)31-25(10)17-27(13-21(3)4)19-29(31)15-23(7)8/h16-23,33-34H,12-15H2,1-11H3. The molecule has 36 heavy (non-hydrogen) atoms. The van der Waals surface area contributed by atoms with Crippen LogP contribution in [0.2, 0.25) is 0 Å². The Morgan fingerprint density at radius 3 is 1.25 bits per heavy atom. The maximum absolute atomic E-state index is 10.3. The zero-order chi connectivity index (χ0) is 27.4. The highest BCUT2D eigenvalue weighted by Gasteiger charge is 2.39. The van der Waals surface area contributed by atoms with Crippen molar-refractivity contribution in [1.82, 2.24) is 0 Å². The fourth-order valence-electron chi connectivity index (χ4n) is 6.01. The van der Waals surface area contributed by atoms with Gasteiger partial charge >= 0.3 is 8.60 Å². The molecule has 2 rings (SSSR count). The van der Waals surface area contributed by atoms with Crippen LogP contribution in [0, 0.1) is 37.5 Å². The largest absolute Gasteiger partial charge is 0.328 e. The number of hydrogen-bond donors (Lipinski definition) is 2. The van der Waals surface area contributed by atoms with E-state index in [2.05, 4.69) is 100 Å². The van der Waals surface area contributed by atoms with Gasteiger partial charge in [0.05, 0.1) is 0 Å². The van der Waals surface area contributed by atoms with E-state index in [1.165, 1.54) is 22.3 Å². The Morgan fingerprint density at radius 2 is 0.972 bits per heavy atom. The molecule has 0 saturated carbocycles. The Kier molecular flexibility index (Phi) is 11.2. The topological polar surface area (TPSA) is 49.7 Å². The van der Waals surface area contributed by atoms with Crippen molar-refractivity contribution in [3.63, 3.8) is 0 Å². The van der Waals surface area contributed by atoms with Crippen LogP contribution in [0.25, 0.3) is 0 Å². The first-order valence-corrected chi connectivity index (χ1v) is 14.9. The predicted octanol–water partition coefficient (Wildman–Crippen LogP) is 8.59. The SMILES string of the molecule is Cc1cc(CC(C)C)cc(CC(C)C)c1C(C)(OP(O)O)c1c(C)cc(CC(C)C)cc1CC(C)C. The maximum atomic E-state index is 10.3. The molecular weight excluding hydrogens is 463 g/mol. The maximum Gasteiger partial charge on any atom is 0.328 e. The van der Waals surface area contributed by atoms with Crippen LogP contribution in [0.4, 0.5) is 0 Å². The van der Waals surface area contributed by atoms with Gasteiger partial charge in [-0.05, 0) is 115 Å². The summed E-state index contributed by atoms with van der Waals surface area (Å²) in [5.41, 5.74) is 8.70. The minimum atomic E-state index is -2.57. The van der Waals surface area contributed by atoms with Gasteiger partial charge in [0.1, 0.15) is 5.60 Å². The van der Waals surface area contributed by atoms with Crippen molar-refractivity contribution >= 4 is 8.60 Å². The van der Waals surface area contributed by atoms with E-state index in [4.69, 9.17) is 4.52 Å². The molecule has 2 N–H and O–H groups in total. The molecule has 0 aliphatic rings. The van der Waals surface area contributed by atoms with Gasteiger partial charge in [0.25, 0.3) is 0 Å². The van der Waals surface area contributed by atoms with E-state index in [1.54, 1.807) is 0 Å². The van der Waals surface area contributed by atoms with E-state index in [0.717, 1.165) is 47.9 Å². The van der Waals surface area contributed by atoms with Crippen LogP contribution in [0.15, 0.2) is 24.3 Å². The molecule has 0 heterocycles. The van der Waals surface area contributed by atoms with Crippen LogP contribution >= 0.6 is 8.60 Å². The average Bonchev–Trinajstić information content (AvgIpc) is 2.64. The molecule has 2 aromatic carbocycles. The molecule has 0 atom stereocenters. The van der Waals surface area contributed by atoms with Gasteiger partial charge in [-0.15, -0.1) is 0 Å². The van der Waals surface area contributed by atoms with Crippen molar-refractivity contribution in [1.29, 1.82) is 0 Å². The smallest absolute Gasteiger partial charge is 0.328 e. The van der Waals surface area contributed by atoms with Gasteiger partial charge in [0.2, 0.25) is 0 Å². The Bertz CT molecular complexity index is 931. The van der Waals surface area contributed by atoms with Crippen LogP contribution in [-0.2, 0) is 35.8 Å². The first kappa shape index (κ1) is 31.0. The van der Waals surface area contributed by atoms with E-state index < -0.39 is 14.2 Å². The summed E-state index contributed by atoms with van der Waals surface area (Å²) in [7, 11) is -2.57. The minimum absolute atomic E-state index is 0.469. The molecule has 2 aromatic rings. The molecule has 0 aliphatic carbocycles. The minimum Gasteiger partial charge on any atom is -0.328 e. The van der Waals surface area contributed by atoms with Crippen molar-refractivity contribution in [2.45, 2.75) is 107 Å². The summed E-state index contributed by atoms with van der Waals surface area (Å²) in [6, 6.07) is 9.24. The molecule has 0 amide bonds. The zero-order valence-electron chi connectivity index (χ0n) is 24.7. The van der Waals surface area contributed by atoms with Crippen LogP contribution in [0.3, 0.4) is 0 Å². The first-order chi connectivity index (χ1) is 16.6. The van der Waals surface area contributed by atoms with Crippen molar-refractivity contribution in [3.8, 4) is 0 Å². The lowest BCUT2D eigenvalue weighted by Crippen LogP contribution is -2.32. The fraction of sp³-hybridized carbons (Fsp3) is 0.625. The van der Waals surface area contributed by atoms with Crippen molar-refractivity contribution in [2.24, 2.45) is 23.7 Å². The first-order valence-electron chi connectivity index (χ1n) is 13.8. The summed E-state index contributed by atoms with van der Waals surface area (Å²) in [4.78, 5) is 20.6. The van der Waals surface area contributed by atoms with Gasteiger partial charge in [-0.2, -0.15) is 0 Å². The molecule has 0 saturated heterocycles. The van der Waals surface area contributed by atoms with Crippen LogP contribution in [-0.4, -0.2) is 9.79 Å². The summed E-state index contributed by atoms with van der Waals surface area (Å²) >= 11 is 0. The number of benzene rings is 2. The van der Waals surface area contributed by atoms with Crippen molar-refractivity contribution in [3.05, 3.63) is 68.8 Å². The summed E-state index contributed by atoms with van der Waals surface area (Å²) in [6.45, 7) is 24.4. The molecule has 0 unspecified atom stereocenters. The molecule has 0 bridgehead atoms. The highest BCUT2D eigenvalue weighted by molar-refractivity contribution is 7.39. The van der Waals surface area contributed by atoms with Crippen molar-refractivity contribution in [2.75, 3.05) is 0 Å². The Hall–Kier alpha value is -1.25. The van der Waals surface area contributed by atoms with Gasteiger partial charge in [0.15, 0.2) is 0 Å². The lowest BCUT2D eigenvalue weighted by molar-refractivity contribution is 0.106. The monoisotopic (exact) mass is 514 g/mol. The highest BCUT2D eigenvalue weighted by Crippen LogP contribution is 2.49. The molecule has 0 aromatic heterocycles. The summed E-state index contributed by atoms with van der Waals surface area (Å²) < 4.78 is 6.23. The van der Waals surface area contributed by atoms with Gasteiger partial charge in [-0.1, -0.05) is 79.7 Å². The summed E-state index contributed by atoms with van der Waals surface area (Å²) in [6.07, 6.45) is 3.88. The molecule has 3 nitrogen and oxygen atoms in total. The Balaban J connectivity index is 2.92. The van der Waals surface area contributed by atoms with Gasteiger partial charge in [-0.3, -0.25) is 4.52 Å². The zero-order valence-corrected chi connectivity index (χ0v) is 25.6. The van der Waals surface area contributed by atoms with Crippen molar-refractivity contribution < 1.29 is 14.3 Å². The number of rotatable bonds is 12. The number of hydrogen-bond acceptors (Lipinski definition) is 3. The second-order valence-electron chi connectivity index (χ2n) is 12.7. The normalized spacial score (nSPS) is 12.7. The lowest BCUT2D eigenvalue weighted by Gasteiger charge is -2.38. The van der Waals surface area contributed by atoms with Crippen LogP contribution in [0.1, 0.15) is 107 Å². The third-order valence-corrected chi connectivity index (χ3v) is 7.24. The van der Waals surface area contributed by atoms with Gasteiger partial charge in [0, 0.05) is 0 Å². The lowest BCUT2D eigenvalue weighted by atomic mass is 9.75. The summed E-state index contributed by atoms with van der Waals surface area (Å²) in [5.74, 6) is 2.08. The Morgan fingerprint density at radius 1 is 0.639 bits per heavy atom. The third-order valence-electron chi connectivity index (χ3n) is 6.72. The molecular formula is C32H51O3P. The van der Waals surface area contributed by atoms with E-state index in [1.807, 2.05) is 0 Å². The van der Waals surface area contributed by atoms with Crippen LogP contribution in [0.5, 0.6) is 0 Å². The quantitative estimate of drug-likeness (QED) is 0.279. The molecule has 0 spiro atoms. The second kappa shape index (κ2) is 13.0. The highest BCUT2D eigenvalue weighted by atomic mass is 31.2. The molecule has 0 fully saturated rings. The molecule has 0 radical (unpaired) electrons. The van der Waals surface area contributed by atoms with E-state index in [0.29, 0.717) is 23.7 Å². The van der Waals surface area contributed by atoms with Gasteiger partial charge in [-0.25, -0.2) is 0 Å².